The summed E-state index contributed by atoms with van der Waals surface area (Å²) in [6, 6.07) is 5.89. The normalized spacial score (nSPS) is 22.5. The first-order valence-electron chi connectivity index (χ1n) is 12.9. The average Bonchev–Trinajstić information content (AvgIpc) is 2.89. The SMILES string of the molecule is CCCOc1ccc(C2CC=C(C3CCC(C(F)(F)Oc4ccc(OC(F)(F)F)c(F)c4)CC3)CC2)nc1. The Balaban J connectivity index is 1.28. The fraction of sp³-hybridized carbons (Fsp3) is 0.536. The van der Waals surface area contributed by atoms with Crippen molar-refractivity contribution in [2.45, 2.75) is 76.7 Å². The Hall–Kier alpha value is -2.91. The number of alkyl halides is 5. The van der Waals surface area contributed by atoms with Crippen LogP contribution in [0, 0.1) is 17.7 Å². The van der Waals surface area contributed by atoms with Crippen LogP contribution < -0.4 is 14.2 Å². The Morgan fingerprint density at radius 2 is 1.63 bits per heavy atom. The lowest BCUT2D eigenvalue weighted by atomic mass is 9.74. The molecule has 0 N–H and O–H groups in total. The lowest BCUT2D eigenvalue weighted by Gasteiger charge is -2.35. The third-order valence-corrected chi connectivity index (χ3v) is 7.21. The maximum atomic E-state index is 14.8. The van der Waals surface area contributed by atoms with E-state index < -0.39 is 35.7 Å². The molecule has 4 nitrogen and oxygen atoms in total. The molecule has 1 aromatic heterocycles. The third-order valence-electron chi connectivity index (χ3n) is 7.21. The summed E-state index contributed by atoms with van der Waals surface area (Å²) in [6.45, 7) is 2.70. The quantitative estimate of drug-likeness (QED) is 0.235. The van der Waals surface area contributed by atoms with E-state index in [0.717, 1.165) is 43.2 Å². The van der Waals surface area contributed by atoms with E-state index >= 15 is 0 Å². The van der Waals surface area contributed by atoms with Crippen molar-refractivity contribution in [1.82, 2.24) is 4.98 Å². The minimum atomic E-state index is -5.09. The van der Waals surface area contributed by atoms with Gasteiger partial charge in [0.05, 0.1) is 18.7 Å². The van der Waals surface area contributed by atoms with Gasteiger partial charge < -0.3 is 14.2 Å². The Labute approximate surface area is 218 Å². The maximum Gasteiger partial charge on any atom is 0.573 e. The molecule has 1 fully saturated rings. The summed E-state index contributed by atoms with van der Waals surface area (Å²) < 4.78 is 94.3. The van der Waals surface area contributed by atoms with Crippen LogP contribution >= 0.6 is 0 Å². The molecule has 0 saturated heterocycles. The van der Waals surface area contributed by atoms with Gasteiger partial charge in [-0.05, 0) is 81.5 Å². The molecule has 208 valence electrons. The maximum absolute atomic E-state index is 14.8. The van der Waals surface area contributed by atoms with Gasteiger partial charge in [0.2, 0.25) is 0 Å². The molecule has 0 aliphatic heterocycles. The second kappa shape index (κ2) is 11.9. The Bertz CT molecular complexity index is 1090. The molecule has 2 aliphatic carbocycles. The molecule has 0 spiro atoms. The highest BCUT2D eigenvalue weighted by molar-refractivity contribution is 5.33. The summed E-state index contributed by atoms with van der Waals surface area (Å²) >= 11 is 0. The molecular formula is C28H31F6NO3. The number of pyridine rings is 1. The summed E-state index contributed by atoms with van der Waals surface area (Å²) in [6.07, 6.45) is 0.606. The van der Waals surface area contributed by atoms with Crippen molar-refractivity contribution < 1.29 is 40.6 Å². The molecule has 1 aromatic carbocycles. The first-order valence-corrected chi connectivity index (χ1v) is 12.9. The number of nitrogens with zero attached hydrogens (tertiary/aromatic N) is 1. The molecule has 0 radical (unpaired) electrons. The predicted octanol–water partition coefficient (Wildman–Crippen LogP) is 8.58. The highest BCUT2D eigenvalue weighted by atomic mass is 19.4. The second-order valence-corrected chi connectivity index (χ2v) is 9.87. The van der Waals surface area contributed by atoms with Crippen LogP contribution in [0.1, 0.15) is 69.9 Å². The van der Waals surface area contributed by atoms with Gasteiger partial charge in [0.15, 0.2) is 11.6 Å². The number of rotatable bonds is 9. The lowest BCUT2D eigenvalue weighted by molar-refractivity contribution is -0.275. The van der Waals surface area contributed by atoms with Crippen molar-refractivity contribution in [3.05, 3.63) is 59.7 Å². The van der Waals surface area contributed by atoms with E-state index in [1.807, 2.05) is 19.1 Å². The Kier molecular flexibility index (Phi) is 8.78. The van der Waals surface area contributed by atoms with Gasteiger partial charge in [-0.3, -0.25) is 4.98 Å². The topological polar surface area (TPSA) is 40.6 Å². The van der Waals surface area contributed by atoms with Crippen molar-refractivity contribution in [1.29, 1.82) is 0 Å². The first-order chi connectivity index (χ1) is 18.0. The van der Waals surface area contributed by atoms with E-state index in [1.165, 1.54) is 5.57 Å². The second-order valence-electron chi connectivity index (χ2n) is 9.87. The molecule has 2 aromatic rings. The smallest absolute Gasteiger partial charge is 0.492 e. The van der Waals surface area contributed by atoms with E-state index in [-0.39, 0.29) is 18.8 Å². The predicted molar refractivity (Wildman–Crippen MR) is 129 cm³/mol. The van der Waals surface area contributed by atoms with Gasteiger partial charge in [0.1, 0.15) is 11.5 Å². The van der Waals surface area contributed by atoms with E-state index in [1.54, 1.807) is 6.20 Å². The van der Waals surface area contributed by atoms with E-state index in [2.05, 4.69) is 15.8 Å². The molecule has 1 unspecified atom stereocenters. The van der Waals surface area contributed by atoms with Gasteiger partial charge in [-0.2, -0.15) is 8.78 Å². The molecule has 4 rings (SSSR count). The number of ether oxygens (including phenoxy) is 3. The van der Waals surface area contributed by atoms with Crippen molar-refractivity contribution >= 4 is 0 Å². The number of benzene rings is 1. The van der Waals surface area contributed by atoms with Crippen LogP contribution in [0.2, 0.25) is 0 Å². The van der Waals surface area contributed by atoms with E-state index in [0.29, 0.717) is 37.5 Å². The Morgan fingerprint density at radius 3 is 2.21 bits per heavy atom. The number of hydrogen-bond donors (Lipinski definition) is 0. The van der Waals surface area contributed by atoms with Gasteiger partial charge in [-0.25, -0.2) is 4.39 Å². The van der Waals surface area contributed by atoms with Crippen LogP contribution in [0.3, 0.4) is 0 Å². The van der Waals surface area contributed by atoms with Crippen LogP contribution in [-0.2, 0) is 0 Å². The van der Waals surface area contributed by atoms with Crippen molar-refractivity contribution in [3.63, 3.8) is 0 Å². The molecule has 1 heterocycles. The van der Waals surface area contributed by atoms with Gasteiger partial charge in [0, 0.05) is 17.7 Å². The van der Waals surface area contributed by atoms with Gasteiger partial charge >= 0.3 is 12.5 Å². The highest BCUT2D eigenvalue weighted by Crippen LogP contribution is 2.45. The molecular weight excluding hydrogens is 512 g/mol. The summed E-state index contributed by atoms with van der Waals surface area (Å²) in [7, 11) is 0. The molecule has 38 heavy (non-hydrogen) atoms. The standard InChI is InChI=1S/C28H31F6NO3/c1-2-15-36-23-11-13-25(35-17-23)20-5-3-18(4-6-20)19-7-9-21(10-8-19)27(30,31)37-22-12-14-26(24(29)16-22)38-28(32,33)34/h3,11-14,16-17,19-21H,2,4-10,15H2,1H3. The monoisotopic (exact) mass is 543 g/mol. The molecule has 0 amide bonds. The zero-order valence-electron chi connectivity index (χ0n) is 21.1. The van der Waals surface area contributed by atoms with Crippen molar-refractivity contribution in [2.75, 3.05) is 6.61 Å². The molecule has 10 heteroatoms. The number of halogens is 6. The molecule has 0 bridgehead atoms. The van der Waals surface area contributed by atoms with Crippen LogP contribution in [-0.4, -0.2) is 24.1 Å². The number of allylic oxidation sites excluding steroid dienone is 2. The van der Waals surface area contributed by atoms with Gasteiger partial charge in [0.25, 0.3) is 0 Å². The van der Waals surface area contributed by atoms with Crippen molar-refractivity contribution in [3.8, 4) is 17.2 Å². The Morgan fingerprint density at radius 1 is 0.895 bits per heavy atom. The zero-order valence-corrected chi connectivity index (χ0v) is 21.1. The van der Waals surface area contributed by atoms with Crippen LogP contribution in [0.25, 0.3) is 0 Å². The minimum Gasteiger partial charge on any atom is -0.492 e. The summed E-state index contributed by atoms with van der Waals surface area (Å²) in [5, 5.41) is 0. The van der Waals surface area contributed by atoms with Gasteiger partial charge in [-0.15, -0.1) is 13.2 Å². The van der Waals surface area contributed by atoms with E-state index in [4.69, 9.17) is 9.47 Å². The fourth-order valence-electron chi connectivity index (χ4n) is 5.23. The highest BCUT2D eigenvalue weighted by Gasteiger charge is 2.44. The summed E-state index contributed by atoms with van der Waals surface area (Å²) in [5.41, 5.74) is 2.33. The van der Waals surface area contributed by atoms with Crippen LogP contribution in [0.4, 0.5) is 26.3 Å². The largest absolute Gasteiger partial charge is 0.573 e. The molecule has 2 aliphatic rings. The summed E-state index contributed by atoms with van der Waals surface area (Å²) in [5.74, 6) is -2.84. The number of aromatic nitrogens is 1. The third kappa shape index (κ3) is 7.35. The van der Waals surface area contributed by atoms with Crippen LogP contribution in [0.5, 0.6) is 17.2 Å². The zero-order chi connectivity index (χ0) is 27.3. The van der Waals surface area contributed by atoms with Crippen LogP contribution in [0.15, 0.2) is 48.2 Å². The molecule has 1 saturated carbocycles. The van der Waals surface area contributed by atoms with Gasteiger partial charge in [-0.1, -0.05) is 18.6 Å². The first kappa shape index (κ1) is 28.1. The molecule has 1 atom stereocenters. The lowest BCUT2D eigenvalue weighted by Crippen LogP contribution is -2.37. The van der Waals surface area contributed by atoms with E-state index in [9.17, 15) is 26.3 Å². The fourth-order valence-corrected chi connectivity index (χ4v) is 5.23. The van der Waals surface area contributed by atoms with Crippen molar-refractivity contribution in [2.24, 2.45) is 11.8 Å². The summed E-state index contributed by atoms with van der Waals surface area (Å²) in [4.78, 5) is 4.56. The minimum absolute atomic E-state index is 0.233. The average molecular weight is 544 g/mol. The number of hydrogen-bond acceptors (Lipinski definition) is 4.